The number of halogens is 1. The number of amides is 1. The maximum absolute atomic E-state index is 12.8. The van der Waals surface area contributed by atoms with Crippen molar-refractivity contribution in [1.29, 1.82) is 0 Å². The monoisotopic (exact) mass is 591 g/mol. The lowest BCUT2D eigenvalue weighted by Gasteiger charge is -2.12. The first-order valence-corrected chi connectivity index (χ1v) is 14.2. The van der Waals surface area contributed by atoms with Gasteiger partial charge in [0.25, 0.3) is 0 Å². The topological polar surface area (TPSA) is 64.6 Å². The molecule has 4 rings (SSSR count). The van der Waals surface area contributed by atoms with Crippen molar-refractivity contribution >= 4 is 44.0 Å². The van der Waals surface area contributed by atoms with E-state index < -0.39 is 0 Å². The number of rotatable bonds is 12. The van der Waals surface area contributed by atoms with Gasteiger partial charge in [0.15, 0.2) is 17.3 Å². The third-order valence-corrected chi connectivity index (χ3v) is 7.46. The van der Waals surface area contributed by atoms with Crippen LogP contribution in [0.3, 0.4) is 0 Å². The molecule has 0 aliphatic rings. The minimum absolute atomic E-state index is 0.0939. The van der Waals surface area contributed by atoms with Gasteiger partial charge in [0.1, 0.15) is 0 Å². The summed E-state index contributed by atoms with van der Waals surface area (Å²) in [5.41, 5.74) is 3.90. The lowest BCUT2D eigenvalue weighted by Crippen LogP contribution is -2.13. The van der Waals surface area contributed by atoms with Gasteiger partial charge in [-0.2, -0.15) is 0 Å². The Balaban J connectivity index is 1.44. The van der Waals surface area contributed by atoms with Gasteiger partial charge in [-0.25, -0.2) is 0 Å². The molecule has 1 heterocycles. The molecule has 1 N–H and O–H groups in total. The van der Waals surface area contributed by atoms with Gasteiger partial charge < -0.3 is 14.8 Å². The normalized spacial score (nSPS) is 10.7. The van der Waals surface area contributed by atoms with E-state index >= 15 is 0 Å². The number of thiophene rings is 1. The third-order valence-electron chi connectivity index (χ3n) is 5.88. The molecule has 0 aliphatic heterocycles. The summed E-state index contributed by atoms with van der Waals surface area (Å²) < 4.78 is 12.2. The van der Waals surface area contributed by atoms with Gasteiger partial charge in [0.05, 0.1) is 18.2 Å². The van der Waals surface area contributed by atoms with E-state index in [-0.39, 0.29) is 24.5 Å². The number of carbonyl (C=O) groups excluding carboxylic acids is 2. The summed E-state index contributed by atoms with van der Waals surface area (Å²) in [4.78, 5) is 26.8. The summed E-state index contributed by atoms with van der Waals surface area (Å²) in [6.45, 7) is 4.75. The minimum Gasteiger partial charge on any atom is -0.490 e. The van der Waals surface area contributed by atoms with Crippen molar-refractivity contribution in [3.63, 3.8) is 0 Å². The summed E-state index contributed by atoms with van der Waals surface area (Å²) in [6, 6.07) is 25.6. The van der Waals surface area contributed by atoms with E-state index in [1.165, 1.54) is 10.4 Å². The number of hydrogen-bond acceptors (Lipinski definition) is 5. The zero-order valence-corrected chi connectivity index (χ0v) is 23.9. The van der Waals surface area contributed by atoms with Crippen molar-refractivity contribution in [1.82, 2.24) is 0 Å². The van der Waals surface area contributed by atoms with E-state index in [1.807, 2.05) is 50.2 Å². The van der Waals surface area contributed by atoms with Gasteiger partial charge in [-0.1, -0.05) is 58.4 Å². The zero-order chi connectivity index (χ0) is 26.9. The van der Waals surface area contributed by atoms with Crippen LogP contribution in [0.15, 0.2) is 83.3 Å². The fraction of sp³-hybridized carbons (Fsp3) is 0.226. The molecule has 0 bridgehead atoms. The molecule has 38 heavy (non-hydrogen) atoms. The first kappa shape index (κ1) is 27.6. The molecule has 196 valence electrons. The molecule has 0 spiro atoms. The lowest BCUT2D eigenvalue weighted by molar-refractivity contribution is -0.116. The van der Waals surface area contributed by atoms with Crippen LogP contribution in [0.5, 0.6) is 11.5 Å². The summed E-state index contributed by atoms with van der Waals surface area (Å²) >= 11 is 5.06. The van der Waals surface area contributed by atoms with E-state index in [4.69, 9.17) is 9.47 Å². The van der Waals surface area contributed by atoms with Gasteiger partial charge in [0.2, 0.25) is 5.91 Å². The van der Waals surface area contributed by atoms with Crippen molar-refractivity contribution in [3.8, 4) is 22.6 Å². The van der Waals surface area contributed by atoms with Crippen molar-refractivity contribution < 1.29 is 19.1 Å². The Bertz CT molecular complexity index is 1380. The molecule has 1 aromatic heterocycles. The van der Waals surface area contributed by atoms with Crippen LogP contribution in [0.4, 0.5) is 5.00 Å². The van der Waals surface area contributed by atoms with Crippen LogP contribution in [-0.2, 0) is 11.2 Å². The molecule has 0 saturated heterocycles. The Morgan fingerprint density at radius 2 is 1.55 bits per heavy atom. The Morgan fingerprint density at radius 3 is 2.26 bits per heavy atom. The van der Waals surface area contributed by atoms with Crippen LogP contribution in [-0.4, -0.2) is 24.9 Å². The molecule has 0 radical (unpaired) electrons. The predicted molar refractivity (Wildman–Crippen MR) is 158 cm³/mol. The maximum Gasteiger partial charge on any atom is 0.225 e. The highest BCUT2D eigenvalue weighted by atomic mass is 79.9. The molecule has 0 saturated carbocycles. The molecule has 0 atom stereocenters. The van der Waals surface area contributed by atoms with Gasteiger partial charge >= 0.3 is 0 Å². The van der Waals surface area contributed by atoms with E-state index in [0.29, 0.717) is 30.3 Å². The van der Waals surface area contributed by atoms with E-state index in [2.05, 4.69) is 45.5 Å². The first-order chi connectivity index (χ1) is 18.5. The van der Waals surface area contributed by atoms with E-state index in [9.17, 15) is 9.59 Å². The Morgan fingerprint density at radius 1 is 0.842 bits per heavy atom. The quantitative estimate of drug-likeness (QED) is 0.169. The molecule has 4 aromatic rings. The van der Waals surface area contributed by atoms with Gasteiger partial charge in [-0.3, -0.25) is 9.59 Å². The second-order valence-corrected chi connectivity index (χ2v) is 10.7. The fourth-order valence-electron chi connectivity index (χ4n) is 4.07. The van der Waals surface area contributed by atoms with Gasteiger partial charge in [-0.05, 0) is 66.9 Å². The van der Waals surface area contributed by atoms with Crippen LogP contribution in [0.1, 0.15) is 47.5 Å². The van der Waals surface area contributed by atoms with Gasteiger partial charge in [0, 0.05) is 34.2 Å². The molecule has 3 aromatic carbocycles. The maximum atomic E-state index is 12.8. The number of anilines is 1. The summed E-state index contributed by atoms with van der Waals surface area (Å²) in [7, 11) is 0. The zero-order valence-electron chi connectivity index (χ0n) is 21.5. The van der Waals surface area contributed by atoms with Crippen LogP contribution in [0.25, 0.3) is 11.1 Å². The Hall–Kier alpha value is -3.42. The van der Waals surface area contributed by atoms with Crippen LogP contribution >= 0.6 is 27.3 Å². The second-order valence-electron chi connectivity index (χ2n) is 8.62. The highest BCUT2D eigenvalue weighted by molar-refractivity contribution is 9.10. The van der Waals surface area contributed by atoms with Crippen LogP contribution < -0.4 is 14.8 Å². The smallest absolute Gasteiger partial charge is 0.225 e. The second kappa shape index (κ2) is 13.4. The SMILES string of the molecule is CCOc1ccc(C(=O)CCC(=O)Nc2cc(-c3ccccc3)c(Cc3ccc(Br)cc3)s2)cc1OCC. The standard InChI is InChI=1S/C31H30BrNO4S/c1-3-36-27-16-12-23(19-28(27)37-4-2)26(34)15-17-30(35)33-31-20-25(22-8-6-5-7-9-22)29(38-31)18-21-10-13-24(32)14-11-21/h5-14,16,19-20H,3-4,15,17-18H2,1-2H3,(H,33,35). The largest absolute Gasteiger partial charge is 0.490 e. The van der Waals surface area contributed by atoms with Crippen molar-refractivity contribution in [2.45, 2.75) is 33.1 Å². The molecule has 0 fully saturated rings. The molecule has 0 aliphatic carbocycles. The molecular formula is C31H30BrNO4S. The minimum atomic E-state index is -0.189. The number of Topliss-reactive ketones (excluding diaryl/α,β-unsaturated/α-hetero) is 1. The highest BCUT2D eigenvalue weighted by Gasteiger charge is 2.16. The van der Waals surface area contributed by atoms with E-state index in [0.717, 1.165) is 27.0 Å². The predicted octanol–water partition coefficient (Wildman–Crippen LogP) is 8.17. The highest BCUT2D eigenvalue weighted by Crippen LogP contribution is 2.37. The number of ether oxygens (including phenoxy) is 2. The lowest BCUT2D eigenvalue weighted by atomic mass is 10.0. The Kier molecular flexibility index (Phi) is 9.73. The Labute approximate surface area is 235 Å². The average Bonchev–Trinajstić information content (AvgIpc) is 3.32. The number of ketones is 1. The summed E-state index contributed by atoms with van der Waals surface area (Å²) in [5.74, 6) is 0.839. The third kappa shape index (κ3) is 7.33. The van der Waals surface area contributed by atoms with Crippen molar-refractivity contribution in [2.24, 2.45) is 0 Å². The number of benzene rings is 3. The molecule has 0 unspecified atom stereocenters. The van der Waals surface area contributed by atoms with Crippen molar-refractivity contribution in [3.05, 3.63) is 99.3 Å². The summed E-state index contributed by atoms with van der Waals surface area (Å²) in [5, 5.41) is 3.78. The molecular weight excluding hydrogens is 562 g/mol. The molecule has 7 heteroatoms. The summed E-state index contributed by atoms with van der Waals surface area (Å²) in [6.07, 6.45) is 0.959. The first-order valence-electron chi connectivity index (χ1n) is 12.6. The fourth-order valence-corrected chi connectivity index (χ4v) is 5.46. The number of carbonyl (C=O) groups is 2. The van der Waals surface area contributed by atoms with Crippen LogP contribution in [0, 0.1) is 0 Å². The van der Waals surface area contributed by atoms with Gasteiger partial charge in [-0.15, -0.1) is 11.3 Å². The number of hydrogen-bond donors (Lipinski definition) is 1. The average molecular weight is 593 g/mol. The molecule has 1 amide bonds. The van der Waals surface area contributed by atoms with Crippen LogP contribution in [0.2, 0.25) is 0 Å². The van der Waals surface area contributed by atoms with Crippen molar-refractivity contribution in [2.75, 3.05) is 18.5 Å². The van der Waals surface area contributed by atoms with E-state index in [1.54, 1.807) is 29.5 Å². The molecule has 5 nitrogen and oxygen atoms in total. The number of nitrogens with one attached hydrogen (secondary N) is 1.